The molecule has 0 N–H and O–H groups in total. The maximum absolute atomic E-state index is 13.4. The Hall–Kier alpha value is -3.22. The molecule has 7 heteroatoms. The van der Waals surface area contributed by atoms with Gasteiger partial charge in [0, 0.05) is 24.4 Å². The first-order valence-corrected chi connectivity index (χ1v) is 11.5. The Kier molecular flexibility index (Phi) is 7.37. The molecule has 33 heavy (non-hydrogen) atoms. The average molecular weight is 453 g/mol. The largest absolute Gasteiger partial charge is 0.497 e. The molecule has 1 atom stereocenters. The van der Waals surface area contributed by atoms with Crippen molar-refractivity contribution in [3.63, 3.8) is 0 Å². The van der Waals surface area contributed by atoms with Crippen molar-refractivity contribution >= 4 is 11.6 Å². The highest BCUT2D eigenvalue weighted by Gasteiger charge is 2.32. The molecule has 1 fully saturated rings. The summed E-state index contributed by atoms with van der Waals surface area (Å²) in [5.41, 5.74) is 2.81. The number of rotatable bonds is 9. The number of nitrogens with zero attached hydrogens (tertiary/aromatic N) is 2. The van der Waals surface area contributed by atoms with Crippen LogP contribution in [0.3, 0.4) is 0 Å². The zero-order valence-corrected chi connectivity index (χ0v) is 19.6. The van der Waals surface area contributed by atoms with E-state index in [1.165, 1.54) is 0 Å². The number of benzene rings is 2. The van der Waals surface area contributed by atoms with Crippen LogP contribution < -0.4 is 14.2 Å². The first-order valence-electron chi connectivity index (χ1n) is 11.5. The number of carbonyl (C=O) groups excluding carboxylic acids is 1. The molecule has 4 rings (SSSR count). The topological polar surface area (TPSA) is 69.6 Å². The zero-order valence-electron chi connectivity index (χ0n) is 19.6. The van der Waals surface area contributed by atoms with Gasteiger partial charge >= 0.3 is 0 Å². The van der Waals surface area contributed by atoms with E-state index in [1.807, 2.05) is 47.4 Å². The molecule has 0 radical (unpaired) electrons. The van der Waals surface area contributed by atoms with Crippen molar-refractivity contribution in [1.82, 2.24) is 4.90 Å². The van der Waals surface area contributed by atoms with Crippen LogP contribution in [-0.4, -0.2) is 50.5 Å². The Balaban J connectivity index is 1.46. The van der Waals surface area contributed by atoms with Gasteiger partial charge in [-0.1, -0.05) is 30.1 Å². The SMILES string of the molecule is COc1cccc(CN(C[C@@H]2CC(c3ccc(OC)c(OC)c3)=NO2)C(=O)C2CCCC2)c1. The van der Waals surface area contributed by atoms with Gasteiger partial charge in [0.1, 0.15) is 5.75 Å². The Morgan fingerprint density at radius 1 is 1.03 bits per heavy atom. The monoisotopic (exact) mass is 452 g/mol. The predicted molar refractivity (Wildman–Crippen MR) is 126 cm³/mol. The van der Waals surface area contributed by atoms with Gasteiger partial charge in [0.25, 0.3) is 0 Å². The van der Waals surface area contributed by atoms with Gasteiger partial charge in [0.05, 0.1) is 33.6 Å². The summed E-state index contributed by atoms with van der Waals surface area (Å²) in [6, 6.07) is 13.6. The van der Waals surface area contributed by atoms with Crippen molar-refractivity contribution in [1.29, 1.82) is 0 Å². The van der Waals surface area contributed by atoms with Gasteiger partial charge in [0.2, 0.25) is 5.91 Å². The van der Waals surface area contributed by atoms with Crippen LogP contribution in [0.15, 0.2) is 47.6 Å². The summed E-state index contributed by atoms with van der Waals surface area (Å²) < 4.78 is 16.1. The van der Waals surface area contributed by atoms with E-state index < -0.39 is 0 Å². The van der Waals surface area contributed by atoms with Crippen LogP contribution in [0.2, 0.25) is 0 Å². The minimum Gasteiger partial charge on any atom is -0.497 e. The van der Waals surface area contributed by atoms with Crippen LogP contribution in [0.1, 0.15) is 43.2 Å². The fourth-order valence-corrected chi connectivity index (χ4v) is 4.61. The van der Waals surface area contributed by atoms with Crippen LogP contribution in [0.5, 0.6) is 17.2 Å². The summed E-state index contributed by atoms with van der Waals surface area (Å²) in [6.45, 7) is 1.02. The molecule has 0 bridgehead atoms. The second kappa shape index (κ2) is 10.6. The summed E-state index contributed by atoms with van der Waals surface area (Å²) in [5, 5.41) is 4.32. The fourth-order valence-electron chi connectivity index (χ4n) is 4.61. The van der Waals surface area contributed by atoms with Gasteiger partial charge in [0.15, 0.2) is 17.6 Å². The molecule has 1 aliphatic carbocycles. The highest BCUT2D eigenvalue weighted by Crippen LogP contribution is 2.31. The Morgan fingerprint density at radius 2 is 1.82 bits per heavy atom. The highest BCUT2D eigenvalue weighted by atomic mass is 16.6. The van der Waals surface area contributed by atoms with E-state index in [9.17, 15) is 4.79 Å². The third-order valence-electron chi connectivity index (χ3n) is 6.40. The Morgan fingerprint density at radius 3 is 2.55 bits per heavy atom. The molecule has 2 aromatic carbocycles. The van der Waals surface area contributed by atoms with Crippen molar-refractivity contribution in [2.45, 2.75) is 44.8 Å². The molecule has 1 amide bonds. The number of amides is 1. The Bertz CT molecular complexity index is 1000. The quantitative estimate of drug-likeness (QED) is 0.563. The molecular formula is C26H32N2O5. The van der Waals surface area contributed by atoms with E-state index in [1.54, 1.807) is 21.3 Å². The molecule has 1 saturated carbocycles. The van der Waals surface area contributed by atoms with Crippen LogP contribution in [-0.2, 0) is 16.2 Å². The third-order valence-corrected chi connectivity index (χ3v) is 6.40. The van der Waals surface area contributed by atoms with Gasteiger partial charge in [-0.2, -0.15) is 0 Å². The number of methoxy groups -OCH3 is 3. The molecule has 0 aromatic heterocycles. The molecular weight excluding hydrogens is 420 g/mol. The molecule has 0 unspecified atom stereocenters. The van der Waals surface area contributed by atoms with Crippen LogP contribution in [0.4, 0.5) is 0 Å². The summed E-state index contributed by atoms with van der Waals surface area (Å²) >= 11 is 0. The van der Waals surface area contributed by atoms with E-state index in [4.69, 9.17) is 19.0 Å². The first kappa shape index (κ1) is 23.0. The number of carbonyl (C=O) groups is 1. The van der Waals surface area contributed by atoms with E-state index in [-0.39, 0.29) is 17.9 Å². The summed E-state index contributed by atoms with van der Waals surface area (Å²) in [6.07, 6.45) is 4.61. The lowest BCUT2D eigenvalue weighted by atomic mass is 10.0. The standard InChI is InChI=1S/C26H32N2O5/c1-30-21-10-6-7-18(13-21)16-28(26(29)19-8-4-5-9-19)17-22-15-23(27-33-22)20-11-12-24(31-2)25(14-20)32-3/h6-7,10-14,19,22H,4-5,8-9,15-17H2,1-3H3/t22-/m0/s1. The molecule has 0 saturated heterocycles. The predicted octanol–water partition coefficient (Wildman–Crippen LogP) is 4.42. The van der Waals surface area contributed by atoms with Crippen molar-refractivity contribution in [3.05, 3.63) is 53.6 Å². The summed E-state index contributed by atoms with van der Waals surface area (Å²) in [7, 11) is 4.88. The second-order valence-electron chi connectivity index (χ2n) is 8.59. The molecule has 2 aliphatic rings. The van der Waals surface area contributed by atoms with Crippen molar-refractivity contribution in [2.75, 3.05) is 27.9 Å². The van der Waals surface area contributed by atoms with Crippen LogP contribution in [0, 0.1) is 5.92 Å². The number of oxime groups is 1. The maximum Gasteiger partial charge on any atom is 0.226 e. The summed E-state index contributed by atoms with van der Waals surface area (Å²) in [4.78, 5) is 21.1. The van der Waals surface area contributed by atoms with Crippen molar-refractivity contribution < 1.29 is 23.8 Å². The lowest BCUT2D eigenvalue weighted by Crippen LogP contribution is -2.40. The normalized spacial score (nSPS) is 17.9. The summed E-state index contributed by atoms with van der Waals surface area (Å²) in [5.74, 6) is 2.42. The molecule has 7 nitrogen and oxygen atoms in total. The van der Waals surface area contributed by atoms with E-state index >= 15 is 0 Å². The van der Waals surface area contributed by atoms with Crippen molar-refractivity contribution in [2.24, 2.45) is 11.1 Å². The van der Waals surface area contributed by atoms with Gasteiger partial charge in [-0.3, -0.25) is 4.79 Å². The van der Waals surface area contributed by atoms with Crippen molar-refractivity contribution in [3.8, 4) is 17.2 Å². The van der Waals surface area contributed by atoms with E-state index in [0.29, 0.717) is 31.0 Å². The molecule has 2 aromatic rings. The zero-order chi connectivity index (χ0) is 23.2. The van der Waals surface area contributed by atoms with Crippen LogP contribution in [0.25, 0.3) is 0 Å². The number of hydrogen-bond acceptors (Lipinski definition) is 6. The van der Waals surface area contributed by atoms with Gasteiger partial charge in [-0.05, 0) is 48.7 Å². The minimum atomic E-state index is -0.191. The first-order chi connectivity index (χ1) is 16.1. The Labute approximate surface area is 195 Å². The third kappa shape index (κ3) is 5.41. The molecule has 0 spiro atoms. The second-order valence-corrected chi connectivity index (χ2v) is 8.59. The number of hydrogen-bond donors (Lipinski definition) is 0. The van der Waals surface area contributed by atoms with E-state index in [0.717, 1.165) is 48.3 Å². The lowest BCUT2D eigenvalue weighted by molar-refractivity contribution is -0.137. The van der Waals surface area contributed by atoms with Gasteiger partial charge < -0.3 is 23.9 Å². The van der Waals surface area contributed by atoms with Gasteiger partial charge in [-0.25, -0.2) is 0 Å². The van der Waals surface area contributed by atoms with Gasteiger partial charge in [-0.15, -0.1) is 0 Å². The highest BCUT2D eigenvalue weighted by molar-refractivity contribution is 6.01. The van der Waals surface area contributed by atoms with Crippen LogP contribution >= 0.6 is 0 Å². The van der Waals surface area contributed by atoms with E-state index in [2.05, 4.69) is 5.16 Å². The molecule has 1 heterocycles. The molecule has 1 aliphatic heterocycles. The smallest absolute Gasteiger partial charge is 0.226 e. The fraction of sp³-hybridized carbons (Fsp3) is 0.462. The number of ether oxygens (including phenoxy) is 3. The lowest BCUT2D eigenvalue weighted by Gasteiger charge is -2.27. The maximum atomic E-state index is 13.4. The average Bonchev–Trinajstić information content (AvgIpc) is 3.55. The molecule has 176 valence electrons. The minimum absolute atomic E-state index is 0.100.